The van der Waals surface area contributed by atoms with E-state index in [-0.39, 0.29) is 119 Å². The zero-order valence-corrected chi connectivity index (χ0v) is 46.5. The Kier molecular flexibility index (Phi) is 30.7. The molecule has 0 aromatic heterocycles. The summed E-state index contributed by atoms with van der Waals surface area (Å²) in [6, 6.07) is 5.71. The number of nitrogens with two attached hydrogens (primary N) is 7. The number of guanidine groups is 3. The van der Waals surface area contributed by atoms with Crippen LogP contribution in [0.25, 0.3) is 0 Å². The molecular formula is C52H84N18O11. The van der Waals surface area contributed by atoms with Crippen molar-refractivity contribution in [3.8, 4) is 5.75 Å². The number of nitrogens with zero attached hydrogens (tertiary/aromatic N) is 3. The van der Waals surface area contributed by atoms with Gasteiger partial charge in [-0.1, -0.05) is 70.2 Å². The van der Waals surface area contributed by atoms with Gasteiger partial charge in [-0.3, -0.25) is 53.3 Å². The Hall–Kier alpha value is -8.76. The second kappa shape index (κ2) is 36.4. The van der Waals surface area contributed by atoms with Crippen LogP contribution in [0.3, 0.4) is 0 Å². The van der Waals surface area contributed by atoms with Crippen LogP contribution in [-0.2, 0) is 56.0 Å². The third-order valence-corrected chi connectivity index (χ3v) is 11.9. The van der Waals surface area contributed by atoms with E-state index in [1.165, 1.54) is 12.1 Å². The molecule has 2 aromatic rings. The summed E-state index contributed by atoms with van der Waals surface area (Å²) in [7, 11) is 0. The van der Waals surface area contributed by atoms with Crippen LogP contribution >= 0.6 is 0 Å². The number of phenols is 1. The molecule has 24 N–H and O–H groups in total. The Bertz CT molecular complexity index is 2460. The Morgan fingerprint density at radius 1 is 0.457 bits per heavy atom. The van der Waals surface area contributed by atoms with Crippen molar-refractivity contribution in [3.05, 3.63) is 65.7 Å². The van der Waals surface area contributed by atoms with Gasteiger partial charge in [0.1, 0.15) is 42.0 Å². The lowest BCUT2D eigenvalue weighted by molar-refractivity contribution is -0.142. The standard InChI is InChI=1S/C52H84N18O11/c1-29(2)23-38(70-48(79)40(26-31-11-6-5-7-12-31)65-42(73)28-63-41(72)27-64-43(74)34(53)25-32-16-18-33(71)19-17-32)46(77)67-35(13-8-20-60-50(54)55)44(75)66-36(14-9-21-61-51(56)57)45(76)69-39(24-30(3)4)47(78)68-37(49(80)81)15-10-22-62-52(58)59/h5-7,11-12,16-19,29-30,34-40,71H,8-10,13-15,20-28,53H2,1-4H3,(H,63,72)(H,64,74)(H,65,73)(H,66,75)(H,67,77)(H,68,78)(H,69,76)(H,70,79)(H,80,81)(H4,54,55,60)(H4,56,57,61)(H4,58,59,62)/t34-,35-,36-,37-,38-,39+,40-/m0/s1. The highest BCUT2D eigenvalue weighted by molar-refractivity contribution is 5.97. The molecule has 0 aliphatic carbocycles. The van der Waals surface area contributed by atoms with E-state index < -0.39 is 109 Å². The van der Waals surface area contributed by atoms with Crippen LogP contribution in [0.1, 0.15) is 90.2 Å². The molecule has 0 saturated carbocycles. The van der Waals surface area contributed by atoms with E-state index in [1.54, 1.807) is 70.2 Å². The SMILES string of the molecule is CC(C)C[C@H](NC(=O)[C@H](Cc1ccccc1)NC(=O)CNC(=O)CNC(=O)[C@@H](N)Cc1ccc(O)cc1)C(=O)N[C@@H](CCCN=C(N)N)C(=O)N[C@@H](CCCN=C(N)N)C(=O)N[C@H](CC(C)C)C(=O)N[C@@H](CCCN=C(N)N)C(=O)O. The van der Waals surface area contributed by atoms with Gasteiger partial charge >= 0.3 is 5.97 Å². The normalized spacial score (nSPS) is 13.5. The van der Waals surface area contributed by atoms with Crippen LogP contribution in [0, 0.1) is 11.8 Å². The summed E-state index contributed by atoms with van der Waals surface area (Å²) in [5, 5.41) is 40.0. The van der Waals surface area contributed by atoms with Crippen molar-refractivity contribution in [2.45, 2.75) is 134 Å². The number of phenolic OH excluding ortho intramolecular Hbond substituents is 1. The number of hydrogen-bond acceptors (Lipinski definition) is 14. The average Bonchev–Trinajstić information content (AvgIpc) is 3.41. The van der Waals surface area contributed by atoms with Crippen LogP contribution < -0.4 is 82.7 Å². The fourth-order valence-corrected chi connectivity index (χ4v) is 7.90. The molecule has 0 spiro atoms. The quantitative estimate of drug-likeness (QED) is 0.0174. The van der Waals surface area contributed by atoms with Gasteiger partial charge in [-0.2, -0.15) is 0 Å². The van der Waals surface area contributed by atoms with E-state index >= 15 is 0 Å². The lowest BCUT2D eigenvalue weighted by Gasteiger charge is -2.28. The Morgan fingerprint density at radius 3 is 1.27 bits per heavy atom. The highest BCUT2D eigenvalue weighted by Gasteiger charge is 2.34. The van der Waals surface area contributed by atoms with Crippen molar-refractivity contribution >= 4 is 71.1 Å². The van der Waals surface area contributed by atoms with Crippen molar-refractivity contribution in [1.29, 1.82) is 0 Å². The number of aliphatic imine (C=N–C) groups is 3. The molecule has 2 rings (SSSR count). The molecule has 81 heavy (non-hydrogen) atoms. The van der Waals surface area contributed by atoms with E-state index in [1.807, 2.05) is 0 Å². The Balaban J connectivity index is 2.38. The molecule has 0 radical (unpaired) electrons. The first kappa shape index (κ1) is 68.3. The maximum absolute atomic E-state index is 14.4. The minimum absolute atomic E-state index is 0.0282. The highest BCUT2D eigenvalue weighted by atomic mass is 16.4. The molecule has 0 bridgehead atoms. The van der Waals surface area contributed by atoms with Crippen molar-refractivity contribution in [1.82, 2.24) is 42.5 Å². The van der Waals surface area contributed by atoms with Crippen LogP contribution in [0.5, 0.6) is 5.75 Å². The summed E-state index contributed by atoms with van der Waals surface area (Å²) >= 11 is 0. The van der Waals surface area contributed by atoms with Crippen LogP contribution in [0.2, 0.25) is 0 Å². The predicted molar refractivity (Wildman–Crippen MR) is 304 cm³/mol. The minimum Gasteiger partial charge on any atom is -0.508 e. The number of carboxylic acids is 1. The van der Waals surface area contributed by atoms with Gasteiger partial charge in [0, 0.05) is 26.1 Å². The number of aliphatic carboxylic acids is 1. The molecular weight excluding hydrogens is 1050 g/mol. The number of hydrogen-bond donors (Lipinski definition) is 17. The number of aromatic hydroxyl groups is 1. The summed E-state index contributed by atoms with van der Waals surface area (Å²) in [5.41, 5.74) is 40.2. The Labute approximate surface area is 471 Å². The maximum atomic E-state index is 14.4. The fourth-order valence-electron chi connectivity index (χ4n) is 7.90. The lowest BCUT2D eigenvalue weighted by atomic mass is 10.00. The van der Waals surface area contributed by atoms with E-state index in [9.17, 15) is 53.4 Å². The molecule has 29 nitrogen and oxygen atoms in total. The number of nitrogens with one attached hydrogen (secondary N) is 8. The maximum Gasteiger partial charge on any atom is 0.326 e. The van der Waals surface area contributed by atoms with Gasteiger partial charge in [0.25, 0.3) is 0 Å². The zero-order chi connectivity index (χ0) is 60.6. The molecule has 0 aliphatic heterocycles. The summed E-state index contributed by atoms with van der Waals surface area (Å²) in [5.74, 6) is -8.59. The second-order valence-electron chi connectivity index (χ2n) is 20.0. The van der Waals surface area contributed by atoms with Crippen LogP contribution in [0.4, 0.5) is 0 Å². The van der Waals surface area contributed by atoms with Gasteiger partial charge in [0.15, 0.2) is 17.9 Å². The van der Waals surface area contributed by atoms with Crippen LogP contribution in [0.15, 0.2) is 69.6 Å². The molecule has 0 fully saturated rings. The van der Waals surface area contributed by atoms with Gasteiger partial charge in [0.05, 0.1) is 19.1 Å². The van der Waals surface area contributed by atoms with Crippen molar-refractivity contribution in [3.63, 3.8) is 0 Å². The van der Waals surface area contributed by atoms with Gasteiger partial charge in [-0.05, 0) is 92.9 Å². The first-order valence-corrected chi connectivity index (χ1v) is 26.6. The van der Waals surface area contributed by atoms with E-state index in [4.69, 9.17) is 40.1 Å². The smallest absolute Gasteiger partial charge is 0.326 e. The van der Waals surface area contributed by atoms with Crippen molar-refractivity contribution in [2.24, 2.45) is 66.9 Å². The first-order chi connectivity index (χ1) is 38.2. The molecule has 29 heteroatoms. The van der Waals surface area contributed by atoms with Gasteiger partial charge in [0.2, 0.25) is 47.3 Å². The second-order valence-corrected chi connectivity index (χ2v) is 20.0. The van der Waals surface area contributed by atoms with Crippen LogP contribution in [-0.4, -0.2) is 156 Å². The third-order valence-electron chi connectivity index (χ3n) is 11.9. The third kappa shape index (κ3) is 29.2. The number of benzene rings is 2. The van der Waals surface area contributed by atoms with E-state index in [0.717, 1.165) is 0 Å². The molecule has 0 heterocycles. The summed E-state index contributed by atoms with van der Waals surface area (Å²) in [4.78, 5) is 134. The molecule has 8 amide bonds. The number of amides is 8. The number of rotatable bonds is 37. The number of carbonyl (C=O) groups is 9. The summed E-state index contributed by atoms with van der Waals surface area (Å²) in [6.07, 6.45) is 0.439. The van der Waals surface area contributed by atoms with Gasteiger partial charge in [-0.15, -0.1) is 0 Å². The number of carbonyl (C=O) groups excluding carboxylic acids is 8. The molecule has 7 atom stereocenters. The van der Waals surface area contributed by atoms with Crippen molar-refractivity contribution < 1.29 is 53.4 Å². The molecule has 2 aromatic carbocycles. The fraction of sp³-hybridized carbons (Fsp3) is 0.538. The topological polar surface area (TPSA) is 510 Å². The average molecular weight is 1140 g/mol. The predicted octanol–water partition coefficient (Wildman–Crippen LogP) is -4.02. The largest absolute Gasteiger partial charge is 0.508 e. The monoisotopic (exact) mass is 1140 g/mol. The molecule has 0 aliphatic rings. The molecule has 448 valence electrons. The molecule has 0 saturated heterocycles. The minimum atomic E-state index is -1.39. The summed E-state index contributed by atoms with van der Waals surface area (Å²) in [6.45, 7) is 6.19. The van der Waals surface area contributed by atoms with Crippen molar-refractivity contribution in [2.75, 3.05) is 32.7 Å². The number of carboxylic acid groups (broad SMARTS) is 1. The van der Waals surface area contributed by atoms with E-state index in [0.29, 0.717) is 11.1 Å². The van der Waals surface area contributed by atoms with Gasteiger partial charge < -0.3 is 92.9 Å². The van der Waals surface area contributed by atoms with E-state index in [2.05, 4.69) is 57.5 Å². The zero-order valence-electron chi connectivity index (χ0n) is 46.5. The summed E-state index contributed by atoms with van der Waals surface area (Å²) < 4.78 is 0. The Morgan fingerprint density at radius 2 is 0.840 bits per heavy atom. The lowest BCUT2D eigenvalue weighted by Crippen LogP contribution is -2.60. The van der Waals surface area contributed by atoms with Gasteiger partial charge in [-0.25, -0.2) is 4.79 Å². The first-order valence-electron chi connectivity index (χ1n) is 26.6. The molecule has 0 unspecified atom stereocenters. The highest BCUT2D eigenvalue weighted by Crippen LogP contribution is 2.14.